The van der Waals surface area contributed by atoms with Gasteiger partial charge in [-0.05, 0) is 37.3 Å². The Balaban J connectivity index is 2.35. The molecule has 2 nitrogen and oxygen atoms in total. The lowest BCUT2D eigenvalue weighted by atomic mass is 10.1. The minimum Gasteiger partial charge on any atom is -0.397 e. The second-order valence-electron chi connectivity index (χ2n) is 3.77. The van der Waals surface area contributed by atoms with Gasteiger partial charge in [-0.2, -0.15) is 0 Å². The maximum absolute atomic E-state index is 13.4. The molecule has 0 saturated carbocycles. The molecule has 0 radical (unpaired) electrons. The van der Waals surface area contributed by atoms with Crippen LogP contribution < -0.4 is 11.1 Å². The summed E-state index contributed by atoms with van der Waals surface area (Å²) >= 11 is 5.81. The average molecular weight is 251 g/mol. The molecule has 2 aromatic rings. The lowest BCUT2D eigenvalue weighted by Crippen LogP contribution is -1.98. The smallest absolute Gasteiger partial charge is 0.128 e. The van der Waals surface area contributed by atoms with Crippen LogP contribution >= 0.6 is 11.6 Å². The van der Waals surface area contributed by atoms with Crippen molar-refractivity contribution in [3.05, 3.63) is 52.8 Å². The summed E-state index contributed by atoms with van der Waals surface area (Å²) in [5.41, 5.74) is 8.31. The molecule has 0 heterocycles. The lowest BCUT2D eigenvalue weighted by Gasteiger charge is -2.12. The SMILES string of the molecule is Cc1c(F)cccc1Nc1ccc(Cl)cc1N. The summed E-state index contributed by atoms with van der Waals surface area (Å²) in [5.74, 6) is -0.248. The molecule has 2 rings (SSSR count). The van der Waals surface area contributed by atoms with Gasteiger partial charge >= 0.3 is 0 Å². The van der Waals surface area contributed by atoms with Crippen molar-refractivity contribution in [1.82, 2.24) is 0 Å². The molecule has 0 aliphatic heterocycles. The third-order valence-electron chi connectivity index (χ3n) is 2.55. The van der Waals surface area contributed by atoms with Crippen molar-refractivity contribution in [2.75, 3.05) is 11.1 Å². The van der Waals surface area contributed by atoms with Gasteiger partial charge in [0.15, 0.2) is 0 Å². The summed E-state index contributed by atoms with van der Waals surface area (Å²) in [6.45, 7) is 1.71. The molecule has 2 aromatic carbocycles. The molecule has 0 saturated heterocycles. The van der Waals surface area contributed by atoms with E-state index in [2.05, 4.69) is 5.32 Å². The summed E-state index contributed by atoms with van der Waals surface area (Å²) in [6, 6.07) is 10.0. The van der Waals surface area contributed by atoms with Gasteiger partial charge in [-0.25, -0.2) is 4.39 Å². The summed E-state index contributed by atoms with van der Waals surface area (Å²) < 4.78 is 13.4. The topological polar surface area (TPSA) is 38.0 Å². The van der Waals surface area contributed by atoms with Crippen LogP contribution in [0.1, 0.15) is 5.56 Å². The fourth-order valence-electron chi connectivity index (χ4n) is 1.54. The average Bonchev–Trinajstić information content (AvgIpc) is 2.28. The maximum atomic E-state index is 13.4. The van der Waals surface area contributed by atoms with E-state index in [1.165, 1.54) is 6.07 Å². The van der Waals surface area contributed by atoms with E-state index in [1.807, 2.05) is 0 Å². The van der Waals surface area contributed by atoms with E-state index < -0.39 is 0 Å². The monoisotopic (exact) mass is 250 g/mol. The highest BCUT2D eigenvalue weighted by atomic mass is 35.5. The zero-order chi connectivity index (χ0) is 12.4. The highest BCUT2D eigenvalue weighted by Crippen LogP contribution is 2.28. The van der Waals surface area contributed by atoms with E-state index in [4.69, 9.17) is 17.3 Å². The molecule has 3 N–H and O–H groups in total. The van der Waals surface area contributed by atoms with Crippen molar-refractivity contribution in [1.29, 1.82) is 0 Å². The molecule has 0 aliphatic carbocycles. The van der Waals surface area contributed by atoms with Gasteiger partial charge in [0.1, 0.15) is 5.82 Å². The van der Waals surface area contributed by atoms with E-state index in [1.54, 1.807) is 37.3 Å². The number of nitrogen functional groups attached to an aromatic ring is 1. The number of nitrogens with two attached hydrogens (primary N) is 1. The highest BCUT2D eigenvalue weighted by Gasteiger charge is 2.05. The second-order valence-corrected chi connectivity index (χ2v) is 4.21. The minimum absolute atomic E-state index is 0.248. The van der Waals surface area contributed by atoms with Crippen LogP contribution in [0.25, 0.3) is 0 Å². The third kappa shape index (κ3) is 2.50. The first-order valence-corrected chi connectivity index (χ1v) is 5.53. The number of halogens is 2. The molecule has 0 aromatic heterocycles. The molecule has 0 atom stereocenters. The molecule has 17 heavy (non-hydrogen) atoms. The number of benzene rings is 2. The zero-order valence-corrected chi connectivity index (χ0v) is 10.1. The van der Waals surface area contributed by atoms with Crippen molar-refractivity contribution >= 4 is 28.7 Å². The Morgan fingerprint density at radius 2 is 1.94 bits per heavy atom. The summed E-state index contributed by atoms with van der Waals surface area (Å²) in [7, 11) is 0. The third-order valence-corrected chi connectivity index (χ3v) is 2.79. The Hall–Kier alpha value is -1.74. The molecule has 0 unspecified atom stereocenters. The second kappa shape index (κ2) is 4.63. The Morgan fingerprint density at radius 3 is 2.65 bits per heavy atom. The molecule has 88 valence electrons. The van der Waals surface area contributed by atoms with Crippen LogP contribution in [0.5, 0.6) is 0 Å². The quantitative estimate of drug-likeness (QED) is 0.787. The van der Waals surface area contributed by atoms with Crippen LogP contribution in [0.3, 0.4) is 0 Å². The van der Waals surface area contributed by atoms with Crippen molar-refractivity contribution in [2.45, 2.75) is 6.92 Å². The van der Waals surface area contributed by atoms with Gasteiger partial charge in [-0.15, -0.1) is 0 Å². The van der Waals surface area contributed by atoms with Crippen LogP contribution in [0, 0.1) is 12.7 Å². The van der Waals surface area contributed by atoms with E-state index in [0.29, 0.717) is 27.6 Å². The molecule has 0 aliphatic rings. The summed E-state index contributed by atoms with van der Waals surface area (Å²) in [6.07, 6.45) is 0. The number of nitrogens with one attached hydrogen (secondary N) is 1. The van der Waals surface area contributed by atoms with Gasteiger partial charge in [0, 0.05) is 16.3 Å². The van der Waals surface area contributed by atoms with Crippen LogP contribution in [-0.2, 0) is 0 Å². The van der Waals surface area contributed by atoms with Gasteiger partial charge in [-0.3, -0.25) is 0 Å². The van der Waals surface area contributed by atoms with Gasteiger partial charge < -0.3 is 11.1 Å². The zero-order valence-electron chi connectivity index (χ0n) is 9.30. The van der Waals surface area contributed by atoms with E-state index >= 15 is 0 Å². The minimum atomic E-state index is -0.248. The molecule has 0 fully saturated rings. The highest BCUT2D eigenvalue weighted by molar-refractivity contribution is 6.31. The van der Waals surface area contributed by atoms with Crippen molar-refractivity contribution < 1.29 is 4.39 Å². The predicted octanol–water partition coefficient (Wildman–Crippen LogP) is 4.11. The number of hydrogen-bond donors (Lipinski definition) is 2. The Bertz CT molecular complexity index is 555. The van der Waals surface area contributed by atoms with Crippen molar-refractivity contribution in [2.24, 2.45) is 0 Å². The molecular weight excluding hydrogens is 239 g/mol. The van der Waals surface area contributed by atoms with Crippen LogP contribution in [0.4, 0.5) is 21.5 Å². The normalized spacial score (nSPS) is 10.3. The first kappa shape index (κ1) is 11.7. The predicted molar refractivity (Wildman–Crippen MR) is 70.3 cm³/mol. The molecule has 4 heteroatoms. The molecular formula is C13H12ClFN2. The van der Waals surface area contributed by atoms with Gasteiger partial charge in [0.05, 0.1) is 11.4 Å². The first-order chi connectivity index (χ1) is 8.08. The number of rotatable bonds is 2. The lowest BCUT2D eigenvalue weighted by molar-refractivity contribution is 0.619. The Morgan fingerprint density at radius 1 is 1.18 bits per heavy atom. The van der Waals surface area contributed by atoms with E-state index in [9.17, 15) is 4.39 Å². The number of hydrogen-bond acceptors (Lipinski definition) is 2. The van der Waals surface area contributed by atoms with E-state index in [0.717, 1.165) is 0 Å². The van der Waals surface area contributed by atoms with Crippen molar-refractivity contribution in [3.63, 3.8) is 0 Å². The van der Waals surface area contributed by atoms with Gasteiger partial charge in [0.25, 0.3) is 0 Å². The summed E-state index contributed by atoms with van der Waals surface area (Å²) in [4.78, 5) is 0. The Labute approximate surface area is 104 Å². The fraction of sp³-hybridized carbons (Fsp3) is 0.0769. The van der Waals surface area contributed by atoms with Crippen LogP contribution in [0.15, 0.2) is 36.4 Å². The number of anilines is 3. The fourth-order valence-corrected chi connectivity index (χ4v) is 1.72. The molecule has 0 bridgehead atoms. The van der Waals surface area contributed by atoms with Crippen LogP contribution in [0.2, 0.25) is 5.02 Å². The first-order valence-electron chi connectivity index (χ1n) is 5.15. The van der Waals surface area contributed by atoms with E-state index in [-0.39, 0.29) is 5.82 Å². The largest absolute Gasteiger partial charge is 0.397 e. The van der Waals surface area contributed by atoms with Crippen LogP contribution in [-0.4, -0.2) is 0 Å². The standard InChI is InChI=1S/C13H12ClFN2/c1-8-10(15)3-2-4-12(8)17-13-6-5-9(14)7-11(13)16/h2-7,17H,16H2,1H3. The summed E-state index contributed by atoms with van der Waals surface area (Å²) in [5, 5.41) is 3.66. The maximum Gasteiger partial charge on any atom is 0.128 e. The van der Waals surface area contributed by atoms with Gasteiger partial charge in [0.2, 0.25) is 0 Å². The molecule has 0 amide bonds. The van der Waals surface area contributed by atoms with Crippen molar-refractivity contribution in [3.8, 4) is 0 Å². The Kier molecular flexibility index (Phi) is 3.20. The van der Waals surface area contributed by atoms with Gasteiger partial charge in [-0.1, -0.05) is 17.7 Å². The molecule has 0 spiro atoms.